The smallest absolute Gasteiger partial charge is 0.236 e. The molecule has 6 rings (SSSR count). The lowest BCUT2D eigenvalue weighted by Crippen LogP contribution is -2.52. The average Bonchev–Trinajstić information content (AvgIpc) is 3.73. The molecule has 0 N–H and O–H groups in total. The Morgan fingerprint density at radius 3 is 2.61 bits per heavy atom. The van der Waals surface area contributed by atoms with Crippen LogP contribution in [0, 0.1) is 23.1 Å². The fraction of sp³-hybridized carbons (Fsp3) is 0.464. The number of imidazole rings is 1. The van der Waals surface area contributed by atoms with Gasteiger partial charge in [-0.1, -0.05) is 36.5 Å². The second kappa shape index (κ2) is 11.0. The van der Waals surface area contributed by atoms with Gasteiger partial charge in [0.25, 0.3) is 0 Å². The van der Waals surface area contributed by atoms with Gasteiger partial charge in [0, 0.05) is 44.8 Å². The molecule has 2 fully saturated rings. The first-order valence-electron chi connectivity index (χ1n) is 13.8. The molecule has 2 saturated heterocycles. The van der Waals surface area contributed by atoms with Gasteiger partial charge in [0.15, 0.2) is 10.9 Å². The first kappa shape index (κ1) is 27.6. The van der Waals surface area contributed by atoms with Crippen LogP contribution in [0.5, 0.6) is 0 Å². The number of thiazole rings is 1. The number of hydrogen-bond acceptors (Lipinski definition) is 10. The van der Waals surface area contributed by atoms with E-state index in [1.54, 1.807) is 23.5 Å². The largest absolute Gasteiger partial charge is 0.345 e. The number of carbonyl (C=O) groups excluding carboxylic acids is 1. The van der Waals surface area contributed by atoms with E-state index < -0.39 is 0 Å². The van der Waals surface area contributed by atoms with Crippen molar-refractivity contribution < 1.29 is 9.18 Å². The Labute approximate surface area is 246 Å². The number of fused-ring (bicyclic) bond motifs is 1. The molecule has 1 amide bonds. The molecule has 0 radical (unpaired) electrons. The van der Waals surface area contributed by atoms with E-state index in [0.717, 1.165) is 54.2 Å². The van der Waals surface area contributed by atoms with Crippen molar-refractivity contribution in [3.05, 3.63) is 40.7 Å². The number of aromatic nitrogens is 4. The highest BCUT2D eigenvalue weighted by atomic mass is 32.1. The zero-order chi connectivity index (χ0) is 28.8. The minimum Gasteiger partial charge on any atom is -0.345 e. The summed E-state index contributed by atoms with van der Waals surface area (Å²) in [5.74, 6) is 1.30. The minimum absolute atomic E-state index is 0.209. The van der Waals surface area contributed by atoms with Crippen molar-refractivity contribution in [1.82, 2.24) is 29.4 Å². The first-order chi connectivity index (χ1) is 19.7. The van der Waals surface area contributed by atoms with Crippen LogP contribution in [0.1, 0.15) is 30.8 Å². The summed E-state index contributed by atoms with van der Waals surface area (Å²) in [6.45, 7) is 8.08. The number of benzene rings is 1. The zero-order valence-corrected chi connectivity index (χ0v) is 25.2. The van der Waals surface area contributed by atoms with E-state index in [-0.39, 0.29) is 17.8 Å². The molecule has 2 aliphatic heterocycles. The van der Waals surface area contributed by atoms with Crippen LogP contribution in [0.15, 0.2) is 24.3 Å². The number of likely N-dealkylation sites (N-methyl/N-ethyl adjacent to an activating group) is 1. The van der Waals surface area contributed by atoms with Crippen LogP contribution < -0.4 is 9.80 Å². The van der Waals surface area contributed by atoms with E-state index in [2.05, 4.69) is 29.7 Å². The third-order valence-corrected chi connectivity index (χ3v) is 9.88. The number of carbonyl (C=O) groups is 1. The third kappa shape index (κ3) is 5.16. The van der Waals surface area contributed by atoms with Crippen LogP contribution in [0.3, 0.4) is 0 Å². The number of halogens is 1. The summed E-state index contributed by atoms with van der Waals surface area (Å²) in [6, 6.07) is 8.54. The second-order valence-electron chi connectivity index (χ2n) is 10.9. The Balaban J connectivity index is 1.22. The molecular weight excluding hydrogens is 562 g/mol. The van der Waals surface area contributed by atoms with Crippen molar-refractivity contribution in [3.63, 3.8) is 0 Å². The van der Waals surface area contributed by atoms with Gasteiger partial charge in [0.05, 0.1) is 12.2 Å². The topological polar surface area (TPSA) is 96.9 Å². The summed E-state index contributed by atoms with van der Waals surface area (Å²) in [6.07, 6.45) is 1.68. The number of amides is 1. The van der Waals surface area contributed by atoms with Gasteiger partial charge >= 0.3 is 0 Å². The maximum Gasteiger partial charge on any atom is 0.236 e. The van der Waals surface area contributed by atoms with Gasteiger partial charge in [-0.25, -0.2) is 14.4 Å². The maximum absolute atomic E-state index is 13.5. The van der Waals surface area contributed by atoms with Crippen LogP contribution >= 0.6 is 22.7 Å². The molecule has 1 atom stereocenters. The fourth-order valence-corrected chi connectivity index (χ4v) is 7.31. The van der Waals surface area contributed by atoms with Gasteiger partial charge in [0.2, 0.25) is 16.0 Å². The van der Waals surface area contributed by atoms with Crippen LogP contribution in [-0.2, 0) is 11.2 Å². The molecule has 0 bridgehead atoms. The minimum atomic E-state index is -0.334. The fourth-order valence-electron chi connectivity index (χ4n) is 5.51. The molecule has 5 heterocycles. The quantitative estimate of drug-likeness (QED) is 0.299. The van der Waals surface area contributed by atoms with E-state index >= 15 is 0 Å². The molecule has 0 aliphatic carbocycles. The predicted molar refractivity (Wildman–Crippen MR) is 160 cm³/mol. The number of aryl methyl sites for hydroxylation is 1. The van der Waals surface area contributed by atoms with E-state index in [9.17, 15) is 14.4 Å². The normalized spacial score (nSPS) is 17.4. The monoisotopic (exact) mass is 593 g/mol. The molecule has 0 unspecified atom stereocenters. The summed E-state index contributed by atoms with van der Waals surface area (Å²) in [4.78, 5) is 31.8. The number of hydrogen-bond donors (Lipinski definition) is 0. The van der Waals surface area contributed by atoms with Gasteiger partial charge in [-0.3, -0.25) is 9.69 Å². The van der Waals surface area contributed by atoms with Crippen molar-refractivity contribution >= 4 is 49.6 Å². The predicted octanol–water partition coefficient (Wildman–Crippen LogP) is 4.24. The highest BCUT2D eigenvalue weighted by molar-refractivity contribution is 7.20. The maximum atomic E-state index is 13.5. The van der Waals surface area contributed by atoms with E-state index in [0.29, 0.717) is 40.1 Å². The summed E-state index contributed by atoms with van der Waals surface area (Å²) in [5.41, 5.74) is 2.12. The van der Waals surface area contributed by atoms with Gasteiger partial charge in [-0.05, 0) is 50.1 Å². The zero-order valence-electron chi connectivity index (χ0n) is 23.5. The van der Waals surface area contributed by atoms with Crippen molar-refractivity contribution in [2.24, 2.45) is 5.92 Å². The van der Waals surface area contributed by atoms with Crippen LogP contribution in [0.4, 0.5) is 20.5 Å². The van der Waals surface area contributed by atoms with Crippen LogP contribution in [-0.4, -0.2) is 88.2 Å². The Morgan fingerprint density at radius 1 is 1.17 bits per heavy atom. The second-order valence-corrected chi connectivity index (χ2v) is 12.8. The molecule has 0 spiro atoms. The number of anilines is 3. The molecule has 2 aliphatic rings. The van der Waals surface area contributed by atoms with Gasteiger partial charge in [-0.2, -0.15) is 9.78 Å². The summed E-state index contributed by atoms with van der Waals surface area (Å²) < 4.78 is 15.4. The van der Waals surface area contributed by atoms with E-state index in [1.807, 2.05) is 28.4 Å². The van der Waals surface area contributed by atoms with E-state index in [4.69, 9.17) is 15.1 Å². The number of nitrogens with zero attached hydrogens (tertiary/aromatic N) is 9. The van der Waals surface area contributed by atoms with Gasteiger partial charge < -0.3 is 14.7 Å². The molecule has 10 nitrogen and oxygen atoms in total. The van der Waals surface area contributed by atoms with Crippen molar-refractivity contribution in [3.8, 4) is 17.3 Å². The molecule has 214 valence electrons. The third-order valence-electron chi connectivity index (χ3n) is 7.87. The average molecular weight is 594 g/mol. The number of rotatable bonds is 8. The molecule has 1 aromatic carbocycles. The lowest BCUT2D eigenvalue weighted by Gasteiger charge is -2.38. The Morgan fingerprint density at radius 2 is 1.93 bits per heavy atom. The molecule has 41 heavy (non-hydrogen) atoms. The first-order valence-corrected chi connectivity index (χ1v) is 15.4. The number of nitriles is 1. The SMILES string of the molecule is CCc1nc2sc(N3CC[C@@H](N(C)CC(=O)N4CC(C)C4)C3)nn2c1N(C)c1nc(-c2ccc(F)cc2)c(C#N)s1. The van der Waals surface area contributed by atoms with Crippen LogP contribution in [0.2, 0.25) is 0 Å². The Bertz CT molecular complexity index is 1620. The summed E-state index contributed by atoms with van der Waals surface area (Å²) in [7, 11) is 3.95. The Hall–Kier alpha value is -3.60. The summed E-state index contributed by atoms with van der Waals surface area (Å²) in [5, 5.41) is 16.3. The van der Waals surface area contributed by atoms with Gasteiger partial charge in [-0.15, -0.1) is 5.10 Å². The van der Waals surface area contributed by atoms with Gasteiger partial charge in [0.1, 0.15) is 22.5 Å². The van der Waals surface area contributed by atoms with Crippen LogP contribution in [0.25, 0.3) is 16.2 Å². The van der Waals surface area contributed by atoms with E-state index in [1.165, 1.54) is 23.5 Å². The Kier molecular flexibility index (Phi) is 7.39. The molecule has 3 aromatic heterocycles. The highest BCUT2D eigenvalue weighted by Crippen LogP contribution is 2.38. The van der Waals surface area contributed by atoms with Crippen molar-refractivity contribution in [2.75, 3.05) is 56.6 Å². The highest BCUT2D eigenvalue weighted by Gasteiger charge is 2.33. The molecule has 13 heteroatoms. The molecular formula is C28H32FN9OS2. The van der Waals surface area contributed by atoms with Crippen molar-refractivity contribution in [2.45, 2.75) is 32.7 Å². The molecule has 0 saturated carbocycles. The number of likely N-dealkylation sites (tertiary alicyclic amines) is 1. The standard InChI is InChI=1S/C28H32FN9OS2/c1-5-21-25(35(4)26-32-24(22(12-30)40-26)18-6-8-19(29)9-7-18)38-27(31-21)41-28(33-38)36-11-10-20(15-36)34(3)16-23(39)37-13-17(2)14-37/h6-9,17,20H,5,10-11,13-16H2,1-4H3/t20-/m1/s1. The lowest BCUT2D eigenvalue weighted by atomic mass is 10.0. The summed E-state index contributed by atoms with van der Waals surface area (Å²) >= 11 is 2.84. The van der Waals surface area contributed by atoms with Crippen molar-refractivity contribution in [1.29, 1.82) is 5.26 Å². The molecule has 4 aromatic rings. The lowest BCUT2D eigenvalue weighted by molar-refractivity contribution is -0.138.